The standard InChI is InChI=1S/C12H17O3P/c1-14-11-6-9-4-5-16(3,13)8-10(9)7-12(11)15-2/h6-7H,4-5,8H2,1-3H3. The molecule has 1 atom stereocenters. The summed E-state index contributed by atoms with van der Waals surface area (Å²) in [6.45, 7) is 1.88. The molecule has 0 aromatic heterocycles. The Balaban J connectivity index is 2.46. The van der Waals surface area contributed by atoms with Crippen molar-refractivity contribution in [3.8, 4) is 11.5 Å². The molecule has 1 aromatic rings. The van der Waals surface area contributed by atoms with Gasteiger partial charge in [0.1, 0.15) is 0 Å². The normalized spacial score (nSPS) is 23.7. The second-order valence-corrected chi connectivity index (χ2v) is 7.76. The number of aryl methyl sites for hydroxylation is 1. The second-order valence-electron chi connectivity index (χ2n) is 4.40. The van der Waals surface area contributed by atoms with Crippen LogP contribution in [0.25, 0.3) is 0 Å². The topological polar surface area (TPSA) is 35.5 Å². The molecule has 0 aliphatic carbocycles. The molecule has 1 heterocycles. The van der Waals surface area contributed by atoms with Crippen molar-refractivity contribution >= 4 is 7.14 Å². The van der Waals surface area contributed by atoms with Gasteiger partial charge in [-0.15, -0.1) is 0 Å². The monoisotopic (exact) mass is 240 g/mol. The Kier molecular flexibility index (Phi) is 2.98. The summed E-state index contributed by atoms with van der Waals surface area (Å²) < 4.78 is 22.6. The van der Waals surface area contributed by atoms with E-state index in [0.29, 0.717) is 6.16 Å². The number of hydrogen-bond acceptors (Lipinski definition) is 3. The average Bonchev–Trinajstić information content (AvgIpc) is 2.26. The van der Waals surface area contributed by atoms with Crippen molar-refractivity contribution in [1.82, 2.24) is 0 Å². The van der Waals surface area contributed by atoms with Gasteiger partial charge in [0.2, 0.25) is 0 Å². The molecule has 2 rings (SSSR count). The molecule has 0 saturated carbocycles. The maximum absolute atomic E-state index is 12.1. The maximum Gasteiger partial charge on any atom is 0.161 e. The van der Waals surface area contributed by atoms with E-state index >= 15 is 0 Å². The molecule has 0 amide bonds. The van der Waals surface area contributed by atoms with Crippen LogP contribution >= 0.6 is 7.14 Å². The molecule has 88 valence electrons. The Hall–Kier alpha value is -0.950. The lowest BCUT2D eigenvalue weighted by molar-refractivity contribution is 0.354. The summed E-state index contributed by atoms with van der Waals surface area (Å²) in [5, 5.41) is 0. The molecule has 0 spiro atoms. The van der Waals surface area contributed by atoms with Crippen LogP contribution in [0.5, 0.6) is 11.5 Å². The molecule has 3 nitrogen and oxygen atoms in total. The fraction of sp³-hybridized carbons (Fsp3) is 0.500. The molecule has 1 unspecified atom stereocenters. The van der Waals surface area contributed by atoms with Crippen molar-refractivity contribution in [2.24, 2.45) is 0 Å². The van der Waals surface area contributed by atoms with Gasteiger partial charge in [-0.05, 0) is 36.3 Å². The summed E-state index contributed by atoms with van der Waals surface area (Å²) in [4.78, 5) is 0. The summed E-state index contributed by atoms with van der Waals surface area (Å²) >= 11 is 0. The van der Waals surface area contributed by atoms with E-state index in [0.717, 1.165) is 29.6 Å². The van der Waals surface area contributed by atoms with Gasteiger partial charge in [-0.25, -0.2) is 0 Å². The van der Waals surface area contributed by atoms with Crippen LogP contribution in [0, 0.1) is 0 Å². The number of ether oxygens (including phenoxy) is 2. The summed E-state index contributed by atoms with van der Waals surface area (Å²) in [6.07, 6.45) is 2.36. The van der Waals surface area contributed by atoms with E-state index in [2.05, 4.69) is 0 Å². The highest BCUT2D eigenvalue weighted by atomic mass is 31.2. The van der Waals surface area contributed by atoms with Crippen LogP contribution < -0.4 is 9.47 Å². The molecule has 1 aromatic carbocycles. The van der Waals surface area contributed by atoms with Crippen LogP contribution in [0.1, 0.15) is 11.1 Å². The zero-order valence-corrected chi connectivity index (χ0v) is 10.8. The van der Waals surface area contributed by atoms with Gasteiger partial charge >= 0.3 is 0 Å². The molecular weight excluding hydrogens is 223 g/mol. The fourth-order valence-electron chi connectivity index (χ4n) is 2.14. The predicted octanol–water partition coefficient (Wildman–Crippen LogP) is 2.75. The Morgan fingerprint density at radius 1 is 1.12 bits per heavy atom. The average molecular weight is 240 g/mol. The van der Waals surface area contributed by atoms with Crippen molar-refractivity contribution in [1.29, 1.82) is 0 Å². The highest BCUT2D eigenvalue weighted by Crippen LogP contribution is 2.50. The minimum Gasteiger partial charge on any atom is -0.493 e. The van der Waals surface area contributed by atoms with Crippen LogP contribution in [-0.2, 0) is 17.1 Å². The van der Waals surface area contributed by atoms with Gasteiger partial charge in [-0.2, -0.15) is 0 Å². The Morgan fingerprint density at radius 3 is 2.25 bits per heavy atom. The zero-order chi connectivity index (χ0) is 11.8. The lowest BCUT2D eigenvalue weighted by Gasteiger charge is -2.23. The highest BCUT2D eigenvalue weighted by molar-refractivity contribution is 7.62. The van der Waals surface area contributed by atoms with Gasteiger partial charge in [0.15, 0.2) is 11.5 Å². The number of hydrogen-bond donors (Lipinski definition) is 0. The SMILES string of the molecule is COc1cc2c(cc1OC)CP(C)(=O)CC2. The first-order valence-corrected chi connectivity index (χ1v) is 7.87. The van der Waals surface area contributed by atoms with Crippen molar-refractivity contribution in [2.75, 3.05) is 27.0 Å². The van der Waals surface area contributed by atoms with Crippen molar-refractivity contribution < 1.29 is 14.0 Å². The highest BCUT2D eigenvalue weighted by Gasteiger charge is 2.25. The van der Waals surface area contributed by atoms with Crippen LogP contribution in [0.3, 0.4) is 0 Å². The number of methoxy groups -OCH3 is 2. The molecule has 1 aliphatic heterocycles. The van der Waals surface area contributed by atoms with Crippen molar-refractivity contribution in [3.63, 3.8) is 0 Å². The smallest absolute Gasteiger partial charge is 0.161 e. The largest absolute Gasteiger partial charge is 0.493 e. The first-order chi connectivity index (χ1) is 7.55. The minimum atomic E-state index is -1.97. The van der Waals surface area contributed by atoms with E-state index in [-0.39, 0.29) is 0 Å². The second kappa shape index (κ2) is 4.14. The van der Waals surface area contributed by atoms with E-state index < -0.39 is 7.14 Å². The van der Waals surface area contributed by atoms with Gasteiger partial charge in [-0.1, -0.05) is 0 Å². The third-order valence-electron chi connectivity index (χ3n) is 3.06. The van der Waals surface area contributed by atoms with Crippen molar-refractivity contribution in [2.45, 2.75) is 12.6 Å². The number of fused-ring (bicyclic) bond motifs is 1. The Morgan fingerprint density at radius 2 is 1.69 bits per heavy atom. The third-order valence-corrected chi connectivity index (χ3v) is 5.24. The Bertz CT molecular complexity index is 454. The molecular formula is C12H17O3P. The molecule has 0 fully saturated rings. The van der Waals surface area contributed by atoms with Crippen LogP contribution in [-0.4, -0.2) is 27.0 Å². The van der Waals surface area contributed by atoms with Gasteiger partial charge in [0, 0.05) is 12.3 Å². The number of benzene rings is 1. The van der Waals surface area contributed by atoms with Gasteiger partial charge in [0.05, 0.1) is 21.4 Å². The molecule has 1 aliphatic rings. The quantitative estimate of drug-likeness (QED) is 0.746. The van der Waals surface area contributed by atoms with E-state index in [1.807, 2.05) is 18.8 Å². The first kappa shape index (κ1) is 11.5. The molecule has 0 N–H and O–H groups in total. The Labute approximate surface area is 96.1 Å². The molecule has 0 saturated heterocycles. The van der Waals surface area contributed by atoms with E-state index in [1.165, 1.54) is 5.56 Å². The molecule has 16 heavy (non-hydrogen) atoms. The van der Waals surface area contributed by atoms with Crippen LogP contribution in [0.15, 0.2) is 12.1 Å². The molecule has 0 bridgehead atoms. The fourth-order valence-corrected chi connectivity index (χ4v) is 4.03. The number of rotatable bonds is 2. The first-order valence-electron chi connectivity index (χ1n) is 5.35. The minimum absolute atomic E-state index is 0.683. The van der Waals surface area contributed by atoms with Gasteiger partial charge < -0.3 is 14.0 Å². The van der Waals surface area contributed by atoms with Crippen LogP contribution in [0.4, 0.5) is 0 Å². The summed E-state index contributed by atoms with van der Waals surface area (Å²) in [6, 6.07) is 3.97. The summed E-state index contributed by atoms with van der Waals surface area (Å²) in [5.74, 6) is 1.48. The molecule has 0 radical (unpaired) electrons. The lowest BCUT2D eigenvalue weighted by Crippen LogP contribution is -2.08. The summed E-state index contributed by atoms with van der Waals surface area (Å²) in [7, 11) is 1.29. The lowest BCUT2D eigenvalue weighted by atomic mass is 10.0. The third kappa shape index (κ3) is 2.10. The molecule has 4 heteroatoms. The van der Waals surface area contributed by atoms with Crippen LogP contribution in [0.2, 0.25) is 0 Å². The summed E-state index contributed by atoms with van der Waals surface area (Å²) in [5.41, 5.74) is 2.39. The predicted molar refractivity (Wildman–Crippen MR) is 65.4 cm³/mol. The van der Waals surface area contributed by atoms with E-state index in [9.17, 15) is 4.57 Å². The zero-order valence-electron chi connectivity index (χ0n) is 9.95. The van der Waals surface area contributed by atoms with Crippen molar-refractivity contribution in [3.05, 3.63) is 23.3 Å². The van der Waals surface area contributed by atoms with E-state index in [1.54, 1.807) is 14.2 Å². The van der Waals surface area contributed by atoms with Gasteiger partial charge in [0.25, 0.3) is 0 Å². The van der Waals surface area contributed by atoms with Gasteiger partial charge in [-0.3, -0.25) is 0 Å². The maximum atomic E-state index is 12.1. The van der Waals surface area contributed by atoms with E-state index in [4.69, 9.17) is 9.47 Å².